The van der Waals surface area contributed by atoms with Gasteiger partial charge in [0.2, 0.25) is 0 Å². The van der Waals surface area contributed by atoms with E-state index in [1.54, 1.807) is 6.92 Å². The topological polar surface area (TPSA) is 108 Å². The van der Waals surface area contributed by atoms with Crippen LogP contribution in [-0.4, -0.2) is 74.9 Å². The Kier molecular flexibility index (Phi) is 10.4. The van der Waals surface area contributed by atoms with Crippen molar-refractivity contribution in [3.63, 3.8) is 0 Å². The van der Waals surface area contributed by atoms with E-state index in [1.807, 2.05) is 0 Å². The van der Waals surface area contributed by atoms with E-state index in [4.69, 9.17) is 4.74 Å². The molecule has 9 nitrogen and oxygen atoms in total. The van der Waals surface area contributed by atoms with Gasteiger partial charge in [0.05, 0.1) is 6.61 Å². The second-order valence-corrected chi connectivity index (χ2v) is 18.6. The minimum absolute atomic E-state index is 0.0285. The van der Waals surface area contributed by atoms with Crippen molar-refractivity contribution in [2.24, 2.45) is 0 Å². The van der Waals surface area contributed by atoms with Crippen molar-refractivity contribution in [1.29, 1.82) is 0 Å². The van der Waals surface area contributed by atoms with E-state index in [2.05, 4.69) is 34.9 Å². The normalized spacial score (nSPS) is 15.3. The van der Waals surface area contributed by atoms with Crippen molar-refractivity contribution in [1.82, 2.24) is 14.3 Å². The van der Waals surface area contributed by atoms with E-state index in [-0.39, 0.29) is 41.4 Å². The summed E-state index contributed by atoms with van der Waals surface area (Å²) in [7, 11) is -5.37. The molecule has 1 aromatic carbocycles. The summed E-state index contributed by atoms with van der Waals surface area (Å²) in [6.45, 7) is 8.94. The number of halogens is 3. The van der Waals surface area contributed by atoms with Crippen molar-refractivity contribution >= 4 is 41.7 Å². The lowest BCUT2D eigenvalue weighted by molar-refractivity contribution is 0.154. The molecule has 1 aromatic heterocycles. The van der Waals surface area contributed by atoms with Gasteiger partial charge in [0.1, 0.15) is 12.5 Å². The fraction of sp³-hybridized carbons (Fsp3) is 0.565. The van der Waals surface area contributed by atoms with E-state index in [1.165, 1.54) is 10.4 Å². The zero-order chi connectivity index (χ0) is 28.1. The molecule has 38 heavy (non-hydrogen) atoms. The Labute approximate surface area is 227 Å². The first-order valence-electron chi connectivity index (χ1n) is 12.2. The second-order valence-electron chi connectivity index (χ2n) is 10.2. The average molecular weight is 594 g/mol. The fourth-order valence-electron chi connectivity index (χ4n) is 3.23. The molecule has 0 radical (unpaired) electrons. The molecule has 0 unspecified atom stereocenters. The van der Waals surface area contributed by atoms with Gasteiger partial charge in [0.15, 0.2) is 28.4 Å². The molecule has 0 spiro atoms. The Hall–Kier alpha value is -1.91. The van der Waals surface area contributed by atoms with E-state index in [0.29, 0.717) is 19.7 Å². The molecule has 1 aliphatic rings. The first-order valence-corrected chi connectivity index (χ1v) is 18.3. The Balaban J connectivity index is 1.93. The zero-order valence-corrected chi connectivity index (χ0v) is 24.5. The molecule has 1 fully saturated rings. The average Bonchev–Trinajstić information content (AvgIpc) is 2.79. The molecule has 3 rings (SSSR count). The van der Waals surface area contributed by atoms with Crippen LogP contribution < -0.4 is 9.62 Å². The number of aliphatic hydroxyl groups excluding tert-OH is 1. The largest absolute Gasteiger partial charge is 0.394 e. The standard InChI is InChI=1S/C23H34F3N5O4S2Si/c1-16(13-32)27-19-12-20(29-23(28-19)36-14-17-6-7-18(24)22(26)21(17)25)31(15-35-10-11-38(2,3)4)37(33,34)30-8-5-9-30/h6-7,12,16,32H,5,8-11,13-15H2,1-4H3,(H,27,28,29)/t16-/m1/s1. The fourth-order valence-corrected chi connectivity index (χ4v) is 6.35. The van der Waals surface area contributed by atoms with Crippen molar-refractivity contribution in [2.75, 3.05) is 42.7 Å². The maximum Gasteiger partial charge on any atom is 0.307 e. The maximum atomic E-state index is 14.2. The van der Waals surface area contributed by atoms with Crippen LogP contribution in [0.15, 0.2) is 23.4 Å². The highest BCUT2D eigenvalue weighted by Crippen LogP contribution is 2.29. The van der Waals surface area contributed by atoms with Crippen LogP contribution in [0.1, 0.15) is 18.9 Å². The quantitative estimate of drug-likeness (QED) is 0.0844. The van der Waals surface area contributed by atoms with Gasteiger partial charge in [-0.2, -0.15) is 12.7 Å². The molecule has 2 aromatic rings. The summed E-state index contributed by atoms with van der Waals surface area (Å²) in [4.78, 5) is 8.74. The summed E-state index contributed by atoms with van der Waals surface area (Å²) >= 11 is 0.929. The van der Waals surface area contributed by atoms with Gasteiger partial charge in [0, 0.05) is 51.2 Å². The lowest BCUT2D eigenvalue weighted by Gasteiger charge is -2.35. The number of benzene rings is 1. The maximum absolute atomic E-state index is 14.2. The molecule has 15 heteroatoms. The lowest BCUT2D eigenvalue weighted by atomic mass is 10.2. The van der Waals surface area contributed by atoms with Crippen LogP contribution in [0.5, 0.6) is 0 Å². The molecule has 0 aliphatic carbocycles. The lowest BCUT2D eigenvalue weighted by Crippen LogP contribution is -2.51. The van der Waals surface area contributed by atoms with Crippen molar-refractivity contribution in [2.45, 2.75) is 56.0 Å². The summed E-state index contributed by atoms with van der Waals surface area (Å²) in [6.07, 6.45) is 0.745. The van der Waals surface area contributed by atoms with Gasteiger partial charge in [-0.1, -0.05) is 37.5 Å². The molecule has 2 heterocycles. The van der Waals surface area contributed by atoms with Crippen LogP contribution in [0.4, 0.5) is 24.8 Å². The Morgan fingerprint density at radius 1 is 1.21 bits per heavy atom. The van der Waals surface area contributed by atoms with Crippen LogP contribution >= 0.6 is 11.8 Å². The van der Waals surface area contributed by atoms with Gasteiger partial charge in [-0.25, -0.2) is 27.4 Å². The van der Waals surface area contributed by atoms with Crippen LogP contribution in [0, 0.1) is 17.5 Å². The smallest absolute Gasteiger partial charge is 0.307 e. The monoisotopic (exact) mass is 593 g/mol. The molecule has 0 saturated carbocycles. The first kappa shape index (κ1) is 30.6. The number of thioether (sulfide) groups is 1. The SMILES string of the molecule is C[C@H](CO)Nc1cc(N(COCC[Si](C)(C)C)S(=O)(=O)N2CCC2)nc(SCc2ccc(F)c(F)c2F)n1. The van der Waals surface area contributed by atoms with Crippen molar-refractivity contribution in [3.8, 4) is 0 Å². The number of anilines is 2. The second kappa shape index (κ2) is 13.0. The van der Waals surface area contributed by atoms with E-state index >= 15 is 0 Å². The third-order valence-corrected chi connectivity index (χ3v) is 10.2. The summed E-state index contributed by atoms with van der Waals surface area (Å²) in [5, 5.41) is 12.5. The van der Waals surface area contributed by atoms with Crippen LogP contribution in [0.3, 0.4) is 0 Å². The van der Waals surface area contributed by atoms with Gasteiger partial charge in [-0.3, -0.25) is 0 Å². The van der Waals surface area contributed by atoms with Crippen molar-refractivity contribution < 1.29 is 31.4 Å². The molecule has 0 bridgehead atoms. The molecule has 0 amide bonds. The summed E-state index contributed by atoms with van der Waals surface area (Å²) in [5.74, 6) is -4.04. The molecule has 1 aliphatic heterocycles. The van der Waals surface area contributed by atoms with Gasteiger partial charge in [-0.05, 0) is 25.5 Å². The minimum atomic E-state index is -3.96. The van der Waals surface area contributed by atoms with Crippen LogP contribution in [0.2, 0.25) is 25.7 Å². The number of nitrogens with one attached hydrogen (secondary N) is 1. The number of nitrogens with zero attached hydrogens (tertiary/aromatic N) is 4. The number of hydrogen-bond donors (Lipinski definition) is 2. The Bertz CT molecular complexity index is 1220. The highest BCUT2D eigenvalue weighted by molar-refractivity contribution is 7.98. The molecule has 1 atom stereocenters. The minimum Gasteiger partial charge on any atom is -0.394 e. The Morgan fingerprint density at radius 3 is 2.53 bits per heavy atom. The highest BCUT2D eigenvalue weighted by atomic mass is 32.2. The van der Waals surface area contributed by atoms with Crippen LogP contribution in [-0.2, 0) is 20.7 Å². The molecular formula is C23H34F3N5O4S2Si. The third kappa shape index (κ3) is 8.05. The summed E-state index contributed by atoms with van der Waals surface area (Å²) in [5.41, 5.74) is -0.0964. The van der Waals surface area contributed by atoms with E-state index < -0.39 is 41.8 Å². The first-order chi connectivity index (χ1) is 17.8. The number of hydrogen-bond acceptors (Lipinski definition) is 8. The predicted octanol–water partition coefficient (Wildman–Crippen LogP) is 4.05. The Morgan fingerprint density at radius 2 is 1.92 bits per heavy atom. The molecule has 1 saturated heterocycles. The number of rotatable bonds is 14. The predicted molar refractivity (Wildman–Crippen MR) is 145 cm³/mol. The zero-order valence-electron chi connectivity index (χ0n) is 21.9. The molecule has 2 N–H and O–H groups in total. The van der Waals surface area contributed by atoms with E-state index in [9.17, 15) is 26.7 Å². The molecule has 212 valence electrons. The number of aromatic nitrogens is 2. The number of aliphatic hydroxyl groups is 1. The van der Waals surface area contributed by atoms with Gasteiger partial charge in [-0.15, -0.1) is 0 Å². The highest BCUT2D eigenvalue weighted by Gasteiger charge is 2.35. The number of ether oxygens (including phenoxy) is 1. The summed E-state index contributed by atoms with van der Waals surface area (Å²) in [6, 6.07) is 3.84. The van der Waals surface area contributed by atoms with Gasteiger partial charge >= 0.3 is 10.2 Å². The van der Waals surface area contributed by atoms with Crippen molar-refractivity contribution in [3.05, 3.63) is 41.2 Å². The third-order valence-electron chi connectivity index (χ3n) is 5.71. The molecular weight excluding hydrogens is 559 g/mol. The van der Waals surface area contributed by atoms with Gasteiger partial charge < -0.3 is 15.2 Å². The summed E-state index contributed by atoms with van der Waals surface area (Å²) < 4.78 is 76.2. The van der Waals surface area contributed by atoms with Crippen LogP contribution in [0.25, 0.3) is 0 Å². The van der Waals surface area contributed by atoms with E-state index in [0.717, 1.165) is 40.7 Å². The van der Waals surface area contributed by atoms with Gasteiger partial charge in [0.25, 0.3) is 0 Å².